The standard InChI is InChI=1S/C20H21NO3/c1-2-23-20(22)13-8-14-24-19-12-7-6-11-18(19)16-21-15-17-9-4-3-5-10-17/h3-13,16H,2,14-15H2,1H3/b13-8+,21-16?. The topological polar surface area (TPSA) is 47.9 Å². The molecule has 4 nitrogen and oxygen atoms in total. The Kier molecular flexibility index (Phi) is 7.28. The van der Waals surface area contributed by atoms with Crippen LogP contribution < -0.4 is 4.74 Å². The molecule has 0 saturated heterocycles. The first kappa shape index (κ1) is 17.5. The van der Waals surface area contributed by atoms with Gasteiger partial charge in [-0.25, -0.2) is 4.79 Å². The summed E-state index contributed by atoms with van der Waals surface area (Å²) in [7, 11) is 0. The number of carbonyl (C=O) groups is 1. The van der Waals surface area contributed by atoms with E-state index in [0.29, 0.717) is 19.8 Å². The number of nitrogens with zero attached hydrogens (tertiary/aromatic N) is 1. The van der Waals surface area contributed by atoms with Gasteiger partial charge in [0.2, 0.25) is 0 Å². The Bertz CT molecular complexity index is 693. The van der Waals surface area contributed by atoms with E-state index in [0.717, 1.165) is 16.9 Å². The third-order valence-electron chi connectivity index (χ3n) is 3.14. The maximum atomic E-state index is 11.2. The summed E-state index contributed by atoms with van der Waals surface area (Å²) in [5.41, 5.74) is 2.06. The van der Waals surface area contributed by atoms with Crippen LogP contribution in [0, 0.1) is 0 Å². The van der Waals surface area contributed by atoms with Gasteiger partial charge in [-0.15, -0.1) is 0 Å². The van der Waals surface area contributed by atoms with E-state index in [4.69, 9.17) is 9.47 Å². The van der Waals surface area contributed by atoms with Crippen molar-refractivity contribution in [2.75, 3.05) is 13.2 Å². The van der Waals surface area contributed by atoms with E-state index in [1.165, 1.54) is 6.08 Å². The molecule has 0 amide bonds. The first-order valence-electron chi connectivity index (χ1n) is 7.88. The van der Waals surface area contributed by atoms with Crippen LogP contribution in [0.2, 0.25) is 0 Å². The summed E-state index contributed by atoms with van der Waals surface area (Å²) < 4.78 is 10.5. The van der Waals surface area contributed by atoms with Crippen molar-refractivity contribution in [1.82, 2.24) is 0 Å². The summed E-state index contributed by atoms with van der Waals surface area (Å²) >= 11 is 0. The fourth-order valence-electron chi connectivity index (χ4n) is 2.02. The van der Waals surface area contributed by atoms with Gasteiger partial charge in [0.1, 0.15) is 12.4 Å². The second-order valence-corrected chi connectivity index (χ2v) is 4.96. The molecule has 124 valence electrons. The van der Waals surface area contributed by atoms with Crippen molar-refractivity contribution in [3.05, 3.63) is 77.9 Å². The van der Waals surface area contributed by atoms with Crippen molar-refractivity contribution in [1.29, 1.82) is 0 Å². The lowest BCUT2D eigenvalue weighted by Gasteiger charge is -2.06. The van der Waals surface area contributed by atoms with E-state index < -0.39 is 0 Å². The normalized spacial score (nSPS) is 11.0. The van der Waals surface area contributed by atoms with Crippen molar-refractivity contribution >= 4 is 12.2 Å². The molecule has 2 rings (SSSR count). The van der Waals surface area contributed by atoms with Crippen LogP contribution in [0.25, 0.3) is 0 Å². The molecular formula is C20H21NO3. The number of esters is 1. The monoisotopic (exact) mass is 323 g/mol. The average Bonchev–Trinajstić information content (AvgIpc) is 2.61. The molecule has 2 aromatic rings. The van der Waals surface area contributed by atoms with Crippen molar-refractivity contribution in [2.45, 2.75) is 13.5 Å². The molecular weight excluding hydrogens is 302 g/mol. The zero-order valence-electron chi connectivity index (χ0n) is 13.7. The number of benzene rings is 2. The third-order valence-corrected chi connectivity index (χ3v) is 3.14. The molecule has 0 aliphatic heterocycles. The summed E-state index contributed by atoms with van der Waals surface area (Å²) in [6, 6.07) is 17.7. The molecule has 0 aliphatic carbocycles. The molecule has 4 heteroatoms. The Balaban J connectivity index is 1.91. The number of rotatable bonds is 8. The van der Waals surface area contributed by atoms with E-state index in [9.17, 15) is 4.79 Å². The molecule has 0 aliphatic rings. The van der Waals surface area contributed by atoms with E-state index in [1.807, 2.05) is 54.6 Å². The lowest BCUT2D eigenvalue weighted by Crippen LogP contribution is -2.01. The van der Waals surface area contributed by atoms with Gasteiger partial charge in [0, 0.05) is 17.9 Å². The molecule has 0 spiro atoms. The smallest absolute Gasteiger partial charge is 0.330 e. The zero-order valence-corrected chi connectivity index (χ0v) is 13.7. The van der Waals surface area contributed by atoms with Gasteiger partial charge in [-0.1, -0.05) is 42.5 Å². The minimum Gasteiger partial charge on any atom is -0.489 e. The number of ether oxygens (including phenoxy) is 2. The second kappa shape index (κ2) is 10.0. The number of para-hydroxylation sites is 1. The third kappa shape index (κ3) is 6.08. The number of hydrogen-bond acceptors (Lipinski definition) is 4. The van der Waals surface area contributed by atoms with Crippen molar-refractivity contribution in [3.8, 4) is 5.75 Å². The van der Waals surface area contributed by atoms with E-state index in [-0.39, 0.29) is 5.97 Å². The molecule has 0 atom stereocenters. The zero-order chi connectivity index (χ0) is 17.0. The summed E-state index contributed by atoms with van der Waals surface area (Å²) in [5, 5.41) is 0. The molecule has 0 aromatic heterocycles. The molecule has 0 saturated carbocycles. The first-order chi connectivity index (χ1) is 11.8. The Morgan fingerprint density at radius 2 is 1.83 bits per heavy atom. The number of carbonyl (C=O) groups excluding carboxylic acids is 1. The van der Waals surface area contributed by atoms with Crippen LogP contribution in [0.15, 0.2) is 71.7 Å². The van der Waals surface area contributed by atoms with Gasteiger partial charge in [-0.3, -0.25) is 4.99 Å². The molecule has 0 fully saturated rings. The lowest BCUT2D eigenvalue weighted by molar-refractivity contribution is -0.137. The molecule has 0 unspecified atom stereocenters. The Hall–Kier alpha value is -2.88. The van der Waals surface area contributed by atoms with Crippen LogP contribution in [-0.2, 0) is 16.1 Å². The van der Waals surface area contributed by atoms with Crippen LogP contribution in [0.1, 0.15) is 18.1 Å². The summed E-state index contributed by atoms with van der Waals surface area (Å²) in [4.78, 5) is 15.7. The molecule has 0 N–H and O–H groups in total. The molecule has 0 radical (unpaired) electrons. The van der Waals surface area contributed by atoms with Crippen LogP contribution in [0.3, 0.4) is 0 Å². The molecule has 24 heavy (non-hydrogen) atoms. The van der Waals surface area contributed by atoms with Gasteiger partial charge in [-0.2, -0.15) is 0 Å². The minimum atomic E-state index is -0.362. The highest BCUT2D eigenvalue weighted by atomic mass is 16.5. The minimum absolute atomic E-state index is 0.294. The Morgan fingerprint density at radius 1 is 1.08 bits per heavy atom. The second-order valence-electron chi connectivity index (χ2n) is 4.96. The predicted molar refractivity (Wildman–Crippen MR) is 95.5 cm³/mol. The summed E-state index contributed by atoms with van der Waals surface area (Å²) in [5.74, 6) is 0.363. The SMILES string of the molecule is CCOC(=O)/C=C/COc1ccccc1C=NCc1ccccc1. The van der Waals surface area contributed by atoms with Gasteiger partial charge in [0.05, 0.1) is 13.2 Å². The molecule has 2 aromatic carbocycles. The van der Waals surface area contributed by atoms with Crippen molar-refractivity contribution in [2.24, 2.45) is 4.99 Å². The van der Waals surface area contributed by atoms with Crippen LogP contribution in [-0.4, -0.2) is 25.4 Å². The van der Waals surface area contributed by atoms with Crippen LogP contribution in [0.5, 0.6) is 5.75 Å². The van der Waals surface area contributed by atoms with Crippen molar-refractivity contribution < 1.29 is 14.3 Å². The summed E-state index contributed by atoms with van der Waals surface area (Å²) in [6.07, 6.45) is 4.81. The van der Waals surface area contributed by atoms with Gasteiger partial charge < -0.3 is 9.47 Å². The van der Waals surface area contributed by atoms with Gasteiger partial charge in [0.15, 0.2) is 0 Å². The van der Waals surface area contributed by atoms with Gasteiger partial charge in [-0.05, 0) is 30.7 Å². The quantitative estimate of drug-likeness (QED) is 0.422. The fraction of sp³-hybridized carbons (Fsp3) is 0.200. The lowest BCUT2D eigenvalue weighted by atomic mass is 10.2. The molecule has 0 bridgehead atoms. The maximum Gasteiger partial charge on any atom is 0.330 e. The largest absolute Gasteiger partial charge is 0.489 e. The summed E-state index contributed by atoms with van der Waals surface area (Å²) in [6.45, 7) is 3.05. The first-order valence-corrected chi connectivity index (χ1v) is 7.88. The average molecular weight is 323 g/mol. The van der Waals surface area contributed by atoms with Gasteiger partial charge in [0.25, 0.3) is 0 Å². The Morgan fingerprint density at radius 3 is 2.62 bits per heavy atom. The molecule has 0 heterocycles. The van der Waals surface area contributed by atoms with E-state index in [2.05, 4.69) is 4.99 Å². The van der Waals surface area contributed by atoms with E-state index >= 15 is 0 Å². The number of aliphatic imine (C=N–C) groups is 1. The fourth-order valence-corrected chi connectivity index (χ4v) is 2.02. The van der Waals surface area contributed by atoms with Gasteiger partial charge >= 0.3 is 5.97 Å². The highest BCUT2D eigenvalue weighted by Crippen LogP contribution is 2.16. The van der Waals surface area contributed by atoms with Crippen molar-refractivity contribution in [3.63, 3.8) is 0 Å². The highest BCUT2D eigenvalue weighted by Gasteiger charge is 2.00. The maximum absolute atomic E-state index is 11.2. The van der Waals surface area contributed by atoms with E-state index in [1.54, 1.807) is 19.2 Å². The van der Waals surface area contributed by atoms with Crippen LogP contribution >= 0.6 is 0 Å². The highest BCUT2D eigenvalue weighted by molar-refractivity contribution is 5.83. The Labute approximate surface area is 142 Å². The predicted octanol–water partition coefficient (Wildman–Crippen LogP) is 3.80. The van der Waals surface area contributed by atoms with Crippen LogP contribution in [0.4, 0.5) is 0 Å². The number of hydrogen-bond donors (Lipinski definition) is 0.